The number of halogens is 1. The Hall–Kier alpha value is -1.72. The van der Waals surface area contributed by atoms with Gasteiger partial charge in [-0.2, -0.15) is 0 Å². The summed E-state index contributed by atoms with van der Waals surface area (Å²) in [6.45, 7) is 8.74. The molecule has 1 unspecified atom stereocenters. The lowest BCUT2D eigenvalue weighted by molar-refractivity contribution is 0.0502. The Balaban J connectivity index is 1.89. The topological polar surface area (TPSA) is 63.5 Å². The van der Waals surface area contributed by atoms with Crippen LogP contribution in [0.3, 0.4) is 0 Å². The third kappa shape index (κ3) is 5.14. The minimum atomic E-state index is -0.501. The molecule has 0 fully saturated rings. The van der Waals surface area contributed by atoms with Crippen molar-refractivity contribution in [1.29, 1.82) is 0 Å². The second-order valence-electron chi connectivity index (χ2n) is 6.73. The van der Waals surface area contributed by atoms with Crippen LogP contribution in [0.2, 0.25) is 5.22 Å². The Labute approximate surface area is 147 Å². The lowest BCUT2D eigenvalue weighted by atomic mass is 10.1. The van der Waals surface area contributed by atoms with Crippen molar-refractivity contribution in [3.8, 4) is 0 Å². The van der Waals surface area contributed by atoms with E-state index in [4.69, 9.17) is 20.8 Å². The molecule has 132 valence electrons. The van der Waals surface area contributed by atoms with Crippen molar-refractivity contribution in [3.63, 3.8) is 0 Å². The molecule has 1 aromatic carbocycles. The van der Waals surface area contributed by atoms with Gasteiger partial charge in [0.2, 0.25) is 0 Å². The number of ether oxygens (including phenoxy) is 1. The predicted octanol–water partition coefficient (Wildman–Crippen LogP) is 4.48. The number of nitrogens with one attached hydrogen (secondary N) is 2. The molecule has 6 heteroatoms. The van der Waals surface area contributed by atoms with Crippen LogP contribution < -0.4 is 10.6 Å². The Morgan fingerprint density at radius 3 is 2.71 bits per heavy atom. The monoisotopic (exact) mass is 352 g/mol. The molecule has 0 bridgehead atoms. The minimum absolute atomic E-state index is 0.0169. The van der Waals surface area contributed by atoms with E-state index in [1.54, 1.807) is 0 Å². The average Bonchev–Trinajstić information content (AvgIpc) is 2.80. The maximum atomic E-state index is 11.9. The van der Waals surface area contributed by atoms with E-state index in [1.807, 2.05) is 52.0 Å². The van der Waals surface area contributed by atoms with Gasteiger partial charge in [-0.25, -0.2) is 4.79 Å². The zero-order chi connectivity index (χ0) is 17.7. The van der Waals surface area contributed by atoms with Crippen LogP contribution >= 0.6 is 11.6 Å². The lowest BCUT2D eigenvalue weighted by Gasteiger charge is -2.23. The second kappa shape index (κ2) is 7.90. The van der Waals surface area contributed by atoms with Crippen LogP contribution in [0, 0.1) is 0 Å². The number of hydrogen-bond donors (Lipinski definition) is 2. The fourth-order valence-electron chi connectivity index (χ4n) is 2.38. The summed E-state index contributed by atoms with van der Waals surface area (Å²) in [7, 11) is 0. The first-order valence-electron chi connectivity index (χ1n) is 8.16. The molecule has 0 saturated heterocycles. The van der Waals surface area contributed by atoms with E-state index in [1.165, 1.54) is 0 Å². The SMILES string of the molecule is CCC(CNCc1c(Cl)oc2ccccc12)NC(=O)OC(C)(C)C. The molecule has 2 aromatic rings. The van der Waals surface area contributed by atoms with Gasteiger partial charge in [0.15, 0.2) is 5.22 Å². The molecule has 0 saturated carbocycles. The summed E-state index contributed by atoms with van der Waals surface area (Å²) in [5.74, 6) is 0. The third-order valence-corrected chi connectivity index (χ3v) is 3.86. The van der Waals surface area contributed by atoms with Gasteiger partial charge >= 0.3 is 6.09 Å². The van der Waals surface area contributed by atoms with Gasteiger partial charge in [-0.1, -0.05) is 25.1 Å². The van der Waals surface area contributed by atoms with Gasteiger partial charge < -0.3 is 19.8 Å². The summed E-state index contributed by atoms with van der Waals surface area (Å²) in [4.78, 5) is 11.9. The summed E-state index contributed by atoms with van der Waals surface area (Å²) in [6, 6.07) is 7.73. The van der Waals surface area contributed by atoms with Crippen molar-refractivity contribution in [2.75, 3.05) is 6.54 Å². The third-order valence-electron chi connectivity index (χ3n) is 3.56. The molecule has 1 heterocycles. The van der Waals surface area contributed by atoms with E-state index >= 15 is 0 Å². The van der Waals surface area contributed by atoms with Gasteiger partial charge in [-0.15, -0.1) is 0 Å². The summed E-state index contributed by atoms with van der Waals surface area (Å²) in [5.41, 5.74) is 1.21. The highest BCUT2D eigenvalue weighted by molar-refractivity contribution is 6.30. The maximum Gasteiger partial charge on any atom is 0.407 e. The number of rotatable bonds is 6. The molecule has 0 spiro atoms. The van der Waals surface area contributed by atoms with Crippen LogP contribution in [0.5, 0.6) is 0 Å². The first kappa shape index (κ1) is 18.6. The average molecular weight is 353 g/mol. The highest BCUT2D eigenvalue weighted by Gasteiger charge is 2.19. The highest BCUT2D eigenvalue weighted by Crippen LogP contribution is 2.29. The standard InChI is InChI=1S/C18H25ClN2O3/c1-5-12(21-17(22)24-18(2,3)4)10-20-11-14-13-8-6-7-9-15(13)23-16(14)19/h6-9,12,20H,5,10-11H2,1-4H3,(H,21,22). The van der Waals surface area contributed by atoms with Gasteiger partial charge in [0, 0.05) is 30.1 Å². The van der Waals surface area contributed by atoms with E-state index < -0.39 is 11.7 Å². The van der Waals surface area contributed by atoms with Crippen LogP contribution in [-0.4, -0.2) is 24.3 Å². The molecule has 0 aliphatic rings. The zero-order valence-electron chi connectivity index (χ0n) is 14.6. The number of para-hydroxylation sites is 1. The Bertz CT molecular complexity index is 691. The summed E-state index contributed by atoms with van der Waals surface area (Å²) >= 11 is 6.18. The molecular weight excluding hydrogens is 328 g/mol. The predicted molar refractivity (Wildman–Crippen MR) is 96.4 cm³/mol. The summed E-state index contributed by atoms with van der Waals surface area (Å²) in [6.07, 6.45) is 0.398. The van der Waals surface area contributed by atoms with Gasteiger partial charge in [0.1, 0.15) is 11.2 Å². The number of benzene rings is 1. The number of amides is 1. The van der Waals surface area contributed by atoms with E-state index in [0.717, 1.165) is 23.0 Å². The van der Waals surface area contributed by atoms with E-state index in [0.29, 0.717) is 18.3 Å². The molecule has 24 heavy (non-hydrogen) atoms. The lowest BCUT2D eigenvalue weighted by Crippen LogP contribution is -2.43. The quantitative estimate of drug-likeness (QED) is 0.804. The molecule has 2 rings (SSSR count). The molecule has 2 N–H and O–H groups in total. The van der Waals surface area contributed by atoms with Crippen LogP contribution in [0.4, 0.5) is 4.79 Å². The maximum absolute atomic E-state index is 11.9. The number of furan rings is 1. The van der Waals surface area contributed by atoms with Crippen molar-refractivity contribution in [2.45, 2.75) is 52.3 Å². The van der Waals surface area contributed by atoms with Gasteiger partial charge in [-0.05, 0) is 44.9 Å². The molecule has 0 aliphatic heterocycles. The number of carbonyl (C=O) groups excluding carboxylic acids is 1. The fraction of sp³-hybridized carbons (Fsp3) is 0.500. The van der Waals surface area contributed by atoms with Crippen LogP contribution in [0.15, 0.2) is 28.7 Å². The normalized spacial score (nSPS) is 13.0. The molecule has 0 radical (unpaired) electrons. The van der Waals surface area contributed by atoms with Crippen LogP contribution in [-0.2, 0) is 11.3 Å². The molecule has 1 aromatic heterocycles. The summed E-state index contributed by atoms with van der Waals surface area (Å²) < 4.78 is 10.8. The number of fused-ring (bicyclic) bond motifs is 1. The number of hydrogen-bond acceptors (Lipinski definition) is 4. The molecular formula is C18H25ClN2O3. The molecule has 5 nitrogen and oxygen atoms in total. The largest absolute Gasteiger partial charge is 0.444 e. The van der Waals surface area contributed by atoms with Gasteiger partial charge in [-0.3, -0.25) is 0 Å². The smallest absolute Gasteiger partial charge is 0.407 e. The van der Waals surface area contributed by atoms with Gasteiger partial charge in [0.05, 0.1) is 0 Å². The minimum Gasteiger partial charge on any atom is -0.444 e. The number of alkyl carbamates (subject to hydrolysis) is 1. The second-order valence-corrected chi connectivity index (χ2v) is 7.08. The summed E-state index contributed by atoms with van der Waals surface area (Å²) in [5, 5.41) is 7.60. The first-order chi connectivity index (χ1) is 11.3. The van der Waals surface area contributed by atoms with E-state index in [9.17, 15) is 4.79 Å². The van der Waals surface area contributed by atoms with Crippen LogP contribution in [0.25, 0.3) is 11.0 Å². The molecule has 1 atom stereocenters. The Kier molecular flexibility index (Phi) is 6.13. The van der Waals surface area contributed by atoms with Crippen LogP contribution in [0.1, 0.15) is 39.7 Å². The van der Waals surface area contributed by atoms with Crippen molar-refractivity contribution < 1.29 is 13.9 Å². The van der Waals surface area contributed by atoms with E-state index in [2.05, 4.69) is 10.6 Å². The highest BCUT2D eigenvalue weighted by atomic mass is 35.5. The zero-order valence-corrected chi connectivity index (χ0v) is 15.4. The Morgan fingerprint density at radius 1 is 1.33 bits per heavy atom. The van der Waals surface area contributed by atoms with Crippen molar-refractivity contribution in [3.05, 3.63) is 35.0 Å². The molecule has 1 amide bonds. The van der Waals surface area contributed by atoms with Crippen molar-refractivity contribution in [2.24, 2.45) is 0 Å². The first-order valence-corrected chi connectivity index (χ1v) is 8.54. The fourth-order valence-corrected chi connectivity index (χ4v) is 2.63. The van der Waals surface area contributed by atoms with Gasteiger partial charge in [0.25, 0.3) is 0 Å². The van der Waals surface area contributed by atoms with Crippen molar-refractivity contribution >= 4 is 28.7 Å². The van der Waals surface area contributed by atoms with Crippen molar-refractivity contribution in [1.82, 2.24) is 10.6 Å². The Morgan fingerprint density at radius 2 is 2.04 bits per heavy atom. The molecule has 0 aliphatic carbocycles. The number of carbonyl (C=O) groups is 1. The van der Waals surface area contributed by atoms with E-state index in [-0.39, 0.29) is 6.04 Å².